The molecule has 0 saturated heterocycles. The molecule has 0 bridgehead atoms. The Balaban J connectivity index is 1.68. The molecule has 4 rings (SSSR count). The molecular weight excluding hydrogens is 458 g/mol. The van der Waals surface area contributed by atoms with Crippen LogP contribution < -0.4 is 9.47 Å². The third kappa shape index (κ3) is 4.54. The fourth-order valence-electron chi connectivity index (χ4n) is 3.21. The van der Waals surface area contributed by atoms with Crippen molar-refractivity contribution >= 4 is 33.9 Å². The zero-order chi connectivity index (χ0) is 21.8. The molecule has 0 atom stereocenters. The van der Waals surface area contributed by atoms with Gasteiger partial charge in [-0.1, -0.05) is 64.5 Å². The quantitative estimate of drug-likeness (QED) is 0.338. The molecule has 0 aliphatic carbocycles. The Hall–Kier alpha value is -3.38. The fraction of sp³-hybridized carbons (Fsp3) is 0.120. The van der Waals surface area contributed by atoms with Gasteiger partial charge in [-0.25, -0.2) is 9.79 Å². The second-order valence-corrected chi connectivity index (χ2v) is 7.76. The topological polar surface area (TPSA) is 57.1 Å². The number of methoxy groups -OCH3 is 1. The van der Waals surface area contributed by atoms with Crippen LogP contribution >= 0.6 is 15.9 Å². The van der Waals surface area contributed by atoms with Crippen LogP contribution in [0.25, 0.3) is 6.08 Å². The highest BCUT2D eigenvalue weighted by Gasteiger charge is 2.25. The van der Waals surface area contributed by atoms with E-state index in [1.165, 1.54) is 0 Å². The van der Waals surface area contributed by atoms with Gasteiger partial charge in [0.15, 0.2) is 17.2 Å². The van der Waals surface area contributed by atoms with Crippen LogP contribution in [0.1, 0.15) is 22.3 Å². The molecule has 0 amide bonds. The summed E-state index contributed by atoms with van der Waals surface area (Å²) in [6, 6.07) is 21.0. The minimum atomic E-state index is -0.502. The molecule has 31 heavy (non-hydrogen) atoms. The van der Waals surface area contributed by atoms with Crippen molar-refractivity contribution in [3.8, 4) is 11.5 Å². The molecule has 0 unspecified atom stereocenters. The third-order valence-corrected chi connectivity index (χ3v) is 5.62. The summed E-state index contributed by atoms with van der Waals surface area (Å²) in [5.41, 5.74) is 3.64. The van der Waals surface area contributed by atoms with Crippen LogP contribution in [0.4, 0.5) is 0 Å². The zero-order valence-corrected chi connectivity index (χ0v) is 18.7. The lowest BCUT2D eigenvalue weighted by atomic mass is 10.1. The number of hydrogen-bond acceptors (Lipinski definition) is 5. The Bertz CT molecular complexity index is 1200. The van der Waals surface area contributed by atoms with Gasteiger partial charge in [-0.2, -0.15) is 0 Å². The summed E-state index contributed by atoms with van der Waals surface area (Å²) in [6.07, 6.45) is 1.66. The first-order valence-corrected chi connectivity index (χ1v) is 10.5. The van der Waals surface area contributed by atoms with E-state index in [1.54, 1.807) is 13.2 Å². The van der Waals surface area contributed by atoms with Crippen LogP contribution in [0.2, 0.25) is 0 Å². The Labute approximate surface area is 189 Å². The molecule has 0 saturated carbocycles. The minimum absolute atomic E-state index is 0.206. The highest BCUT2D eigenvalue weighted by Crippen LogP contribution is 2.34. The van der Waals surface area contributed by atoms with Crippen LogP contribution in [-0.2, 0) is 16.1 Å². The lowest BCUT2D eigenvalue weighted by Gasteiger charge is -2.14. The Kier molecular flexibility index (Phi) is 6.18. The van der Waals surface area contributed by atoms with E-state index in [0.717, 1.165) is 21.2 Å². The number of aryl methyl sites for hydroxylation is 1. The van der Waals surface area contributed by atoms with Crippen molar-refractivity contribution in [2.45, 2.75) is 13.5 Å². The minimum Gasteiger partial charge on any atom is -0.493 e. The summed E-state index contributed by atoms with van der Waals surface area (Å²) in [4.78, 5) is 16.9. The summed E-state index contributed by atoms with van der Waals surface area (Å²) in [5.74, 6) is 0.891. The van der Waals surface area contributed by atoms with Gasteiger partial charge in [-0.15, -0.1) is 0 Å². The molecule has 3 aromatic rings. The summed E-state index contributed by atoms with van der Waals surface area (Å²) in [5, 5.41) is 0. The molecule has 3 aromatic carbocycles. The predicted molar refractivity (Wildman–Crippen MR) is 123 cm³/mol. The lowest BCUT2D eigenvalue weighted by Crippen LogP contribution is -2.06. The van der Waals surface area contributed by atoms with E-state index in [1.807, 2.05) is 73.7 Å². The first-order chi connectivity index (χ1) is 15.1. The Morgan fingerprint density at radius 2 is 1.81 bits per heavy atom. The molecular formula is C25H20BrNO4. The summed E-state index contributed by atoms with van der Waals surface area (Å²) in [7, 11) is 1.58. The van der Waals surface area contributed by atoms with Gasteiger partial charge in [0.1, 0.15) is 6.61 Å². The molecule has 0 N–H and O–H groups in total. The number of para-hydroxylation sites is 1. The average Bonchev–Trinajstić information content (AvgIpc) is 3.14. The van der Waals surface area contributed by atoms with E-state index in [2.05, 4.69) is 20.9 Å². The number of esters is 1. The van der Waals surface area contributed by atoms with Gasteiger partial charge < -0.3 is 14.2 Å². The zero-order valence-electron chi connectivity index (χ0n) is 17.1. The summed E-state index contributed by atoms with van der Waals surface area (Å²) < 4.78 is 18.0. The molecule has 5 nitrogen and oxygen atoms in total. The Morgan fingerprint density at radius 3 is 2.58 bits per heavy atom. The van der Waals surface area contributed by atoms with Crippen molar-refractivity contribution < 1.29 is 19.0 Å². The molecule has 6 heteroatoms. The van der Waals surface area contributed by atoms with E-state index in [-0.39, 0.29) is 5.70 Å². The predicted octanol–water partition coefficient (Wildman–Crippen LogP) is 5.69. The van der Waals surface area contributed by atoms with E-state index >= 15 is 0 Å². The third-order valence-electron chi connectivity index (χ3n) is 4.85. The average molecular weight is 478 g/mol. The maximum absolute atomic E-state index is 12.5. The van der Waals surface area contributed by atoms with Gasteiger partial charge in [-0.05, 0) is 36.8 Å². The van der Waals surface area contributed by atoms with Gasteiger partial charge in [-0.3, -0.25) is 0 Å². The van der Waals surface area contributed by atoms with Crippen molar-refractivity contribution in [1.29, 1.82) is 0 Å². The van der Waals surface area contributed by atoms with E-state index < -0.39 is 5.97 Å². The van der Waals surface area contributed by atoms with Gasteiger partial charge in [0.25, 0.3) is 0 Å². The number of halogens is 1. The van der Waals surface area contributed by atoms with Crippen molar-refractivity contribution in [1.82, 2.24) is 0 Å². The molecule has 1 heterocycles. The summed E-state index contributed by atoms with van der Waals surface area (Å²) in [6.45, 7) is 2.28. The molecule has 0 radical (unpaired) electrons. The smallest absolute Gasteiger partial charge is 0.363 e. The van der Waals surface area contributed by atoms with Gasteiger partial charge >= 0.3 is 5.97 Å². The van der Waals surface area contributed by atoms with Crippen LogP contribution in [0.15, 0.2) is 81.9 Å². The first-order valence-electron chi connectivity index (χ1n) is 9.68. The lowest BCUT2D eigenvalue weighted by molar-refractivity contribution is -0.129. The number of hydrogen-bond donors (Lipinski definition) is 0. The van der Waals surface area contributed by atoms with Crippen molar-refractivity contribution in [2.75, 3.05) is 7.11 Å². The number of nitrogens with zero attached hydrogens (tertiary/aromatic N) is 1. The maximum Gasteiger partial charge on any atom is 0.363 e. The first kappa shape index (κ1) is 20.9. The summed E-state index contributed by atoms with van der Waals surface area (Å²) >= 11 is 3.54. The number of carbonyl (C=O) groups excluding carboxylic acids is 1. The number of carbonyl (C=O) groups is 1. The van der Waals surface area contributed by atoms with Crippen LogP contribution in [-0.4, -0.2) is 19.0 Å². The number of rotatable bonds is 6. The monoisotopic (exact) mass is 477 g/mol. The molecule has 1 aliphatic rings. The number of cyclic esters (lactones) is 1. The van der Waals surface area contributed by atoms with Crippen molar-refractivity contribution in [2.24, 2.45) is 4.99 Å². The van der Waals surface area contributed by atoms with Gasteiger partial charge in [0.2, 0.25) is 5.90 Å². The molecule has 0 aromatic heterocycles. The highest BCUT2D eigenvalue weighted by atomic mass is 79.9. The normalized spacial score (nSPS) is 14.4. The van der Waals surface area contributed by atoms with Gasteiger partial charge in [0, 0.05) is 21.2 Å². The van der Waals surface area contributed by atoms with E-state index in [9.17, 15) is 4.79 Å². The fourth-order valence-corrected chi connectivity index (χ4v) is 3.61. The second kappa shape index (κ2) is 9.18. The van der Waals surface area contributed by atoms with Crippen molar-refractivity contribution in [3.63, 3.8) is 0 Å². The van der Waals surface area contributed by atoms with E-state index in [4.69, 9.17) is 14.2 Å². The van der Waals surface area contributed by atoms with Crippen molar-refractivity contribution in [3.05, 3.63) is 99.2 Å². The molecule has 156 valence electrons. The van der Waals surface area contributed by atoms with E-state index in [0.29, 0.717) is 29.6 Å². The molecule has 1 aliphatic heterocycles. The van der Waals surface area contributed by atoms with Crippen LogP contribution in [0.3, 0.4) is 0 Å². The Morgan fingerprint density at radius 1 is 1.03 bits per heavy atom. The highest BCUT2D eigenvalue weighted by molar-refractivity contribution is 9.10. The number of benzene rings is 3. The standard InChI is InChI=1S/C25H20BrNO4/c1-16-8-3-5-11-19(16)24-27-21(25(28)31-24)14-17-10-7-13-22(29-2)23(17)30-15-18-9-4-6-12-20(18)26/h3-14H,15H2,1-2H3/b21-14-. The van der Waals surface area contributed by atoms with Crippen LogP contribution in [0.5, 0.6) is 11.5 Å². The van der Waals surface area contributed by atoms with Gasteiger partial charge in [0.05, 0.1) is 7.11 Å². The van der Waals surface area contributed by atoms with Crippen LogP contribution in [0, 0.1) is 6.92 Å². The molecule has 0 fully saturated rings. The second-order valence-electron chi connectivity index (χ2n) is 6.91. The largest absolute Gasteiger partial charge is 0.493 e. The number of aliphatic imine (C=N–C) groups is 1. The maximum atomic E-state index is 12.5. The SMILES string of the molecule is COc1cccc(/C=C2\N=C(c3ccccc3C)OC2=O)c1OCc1ccccc1Br. The molecule has 0 spiro atoms. The number of ether oxygens (including phenoxy) is 3.